The van der Waals surface area contributed by atoms with Crippen molar-refractivity contribution >= 4 is 11.8 Å². The van der Waals surface area contributed by atoms with E-state index in [1.807, 2.05) is 13.1 Å². The molecular weight excluding hydrogens is 230 g/mol. The maximum absolute atomic E-state index is 10.5. The molecule has 0 saturated carbocycles. The van der Waals surface area contributed by atoms with E-state index in [4.69, 9.17) is 5.11 Å². The molecule has 2 rings (SSSR count). The fourth-order valence-electron chi connectivity index (χ4n) is 2.33. The number of piperidine rings is 1. The third-order valence-electron chi connectivity index (χ3n) is 3.47. The number of hydrogen-bond acceptors (Lipinski definition) is 4. The number of carbonyl (C=O) groups is 1. The number of aryl methyl sites for hydroxylation is 1. The molecule has 1 fully saturated rings. The van der Waals surface area contributed by atoms with Gasteiger partial charge in [0.2, 0.25) is 0 Å². The van der Waals surface area contributed by atoms with Gasteiger partial charge in [-0.3, -0.25) is 9.78 Å². The fraction of sp³-hybridized carbons (Fsp3) is 0.615. The van der Waals surface area contributed by atoms with Gasteiger partial charge in [-0.1, -0.05) is 0 Å². The average molecular weight is 249 g/mol. The van der Waals surface area contributed by atoms with Gasteiger partial charge in [0, 0.05) is 19.5 Å². The molecule has 0 unspecified atom stereocenters. The molecule has 5 nitrogen and oxygen atoms in total. The third kappa shape index (κ3) is 3.42. The van der Waals surface area contributed by atoms with E-state index in [-0.39, 0.29) is 6.42 Å². The van der Waals surface area contributed by atoms with Gasteiger partial charge in [-0.05, 0) is 32.1 Å². The molecule has 0 amide bonds. The molecule has 1 aliphatic rings. The van der Waals surface area contributed by atoms with Crippen molar-refractivity contribution in [2.45, 2.75) is 32.6 Å². The zero-order chi connectivity index (χ0) is 13.0. The van der Waals surface area contributed by atoms with E-state index in [1.165, 1.54) is 0 Å². The zero-order valence-corrected chi connectivity index (χ0v) is 10.7. The predicted octanol–water partition coefficient (Wildman–Crippen LogP) is 1.87. The molecule has 5 heteroatoms. The van der Waals surface area contributed by atoms with Crippen molar-refractivity contribution in [2.75, 3.05) is 18.0 Å². The van der Waals surface area contributed by atoms with Gasteiger partial charge in [-0.25, -0.2) is 4.98 Å². The van der Waals surface area contributed by atoms with Crippen molar-refractivity contribution in [2.24, 2.45) is 5.92 Å². The molecule has 98 valence electrons. The Kier molecular flexibility index (Phi) is 4.12. The minimum atomic E-state index is -0.693. The highest BCUT2D eigenvalue weighted by atomic mass is 16.4. The Hall–Kier alpha value is -1.65. The second-order valence-electron chi connectivity index (χ2n) is 4.88. The minimum absolute atomic E-state index is 0.287. The zero-order valence-electron chi connectivity index (χ0n) is 10.7. The van der Waals surface area contributed by atoms with E-state index in [0.29, 0.717) is 5.92 Å². The third-order valence-corrected chi connectivity index (χ3v) is 3.47. The van der Waals surface area contributed by atoms with E-state index < -0.39 is 5.97 Å². The summed E-state index contributed by atoms with van der Waals surface area (Å²) in [6.07, 6.45) is 6.77. The van der Waals surface area contributed by atoms with E-state index >= 15 is 0 Å². The molecule has 1 saturated heterocycles. The molecule has 0 aromatic carbocycles. The Morgan fingerprint density at radius 3 is 2.67 bits per heavy atom. The first kappa shape index (κ1) is 12.8. The average Bonchev–Trinajstić information content (AvgIpc) is 2.38. The van der Waals surface area contributed by atoms with Crippen molar-refractivity contribution < 1.29 is 9.90 Å². The Morgan fingerprint density at radius 2 is 2.11 bits per heavy atom. The summed E-state index contributed by atoms with van der Waals surface area (Å²) in [7, 11) is 0. The van der Waals surface area contributed by atoms with E-state index in [1.54, 1.807) is 6.20 Å². The number of anilines is 1. The normalized spacial score (nSPS) is 16.8. The first-order valence-electron chi connectivity index (χ1n) is 6.40. The molecule has 0 aliphatic carbocycles. The van der Waals surface area contributed by atoms with Crippen LogP contribution in [0.1, 0.15) is 31.4 Å². The summed E-state index contributed by atoms with van der Waals surface area (Å²) in [5, 5.41) is 8.67. The van der Waals surface area contributed by atoms with Gasteiger partial charge in [-0.15, -0.1) is 0 Å². The van der Waals surface area contributed by atoms with Crippen LogP contribution in [0, 0.1) is 12.8 Å². The van der Waals surface area contributed by atoms with Gasteiger partial charge < -0.3 is 10.0 Å². The summed E-state index contributed by atoms with van der Waals surface area (Å²) in [5.74, 6) is 0.773. The lowest BCUT2D eigenvalue weighted by molar-refractivity contribution is -0.137. The number of nitrogens with zero attached hydrogens (tertiary/aromatic N) is 3. The summed E-state index contributed by atoms with van der Waals surface area (Å²) < 4.78 is 0. The maximum Gasteiger partial charge on any atom is 0.303 e. The van der Waals surface area contributed by atoms with Crippen molar-refractivity contribution in [3.05, 3.63) is 18.1 Å². The molecule has 0 atom stereocenters. The summed E-state index contributed by atoms with van der Waals surface area (Å²) in [6, 6.07) is 0. The van der Waals surface area contributed by atoms with Gasteiger partial charge in [0.1, 0.15) is 5.82 Å². The molecule has 1 aliphatic heterocycles. The Bertz CT molecular complexity index is 397. The van der Waals surface area contributed by atoms with Crippen LogP contribution in [0.25, 0.3) is 0 Å². The monoisotopic (exact) mass is 249 g/mol. The van der Waals surface area contributed by atoms with Crippen molar-refractivity contribution in [1.29, 1.82) is 0 Å². The van der Waals surface area contributed by atoms with Crippen LogP contribution in [-0.4, -0.2) is 34.1 Å². The Labute approximate surface area is 107 Å². The van der Waals surface area contributed by atoms with Crippen molar-refractivity contribution in [3.8, 4) is 0 Å². The smallest absolute Gasteiger partial charge is 0.303 e. The first-order valence-corrected chi connectivity index (χ1v) is 6.40. The second-order valence-corrected chi connectivity index (χ2v) is 4.88. The SMILES string of the molecule is Cc1cnc(N2CCC(CCC(=O)O)CC2)cn1. The van der Waals surface area contributed by atoms with Crippen LogP contribution >= 0.6 is 0 Å². The largest absolute Gasteiger partial charge is 0.481 e. The molecule has 2 heterocycles. The first-order chi connectivity index (χ1) is 8.65. The summed E-state index contributed by atoms with van der Waals surface area (Å²) in [4.78, 5) is 21.4. The van der Waals surface area contributed by atoms with E-state index in [9.17, 15) is 4.79 Å². The number of rotatable bonds is 4. The van der Waals surface area contributed by atoms with Crippen LogP contribution in [0.2, 0.25) is 0 Å². The summed E-state index contributed by atoms with van der Waals surface area (Å²) in [6.45, 7) is 3.82. The molecule has 18 heavy (non-hydrogen) atoms. The minimum Gasteiger partial charge on any atom is -0.481 e. The van der Waals surface area contributed by atoms with Crippen molar-refractivity contribution in [1.82, 2.24) is 9.97 Å². The van der Waals surface area contributed by atoms with Crippen molar-refractivity contribution in [3.63, 3.8) is 0 Å². The van der Waals surface area contributed by atoms with Crippen LogP contribution in [-0.2, 0) is 4.79 Å². The quantitative estimate of drug-likeness (QED) is 0.882. The standard InChI is InChI=1S/C13H19N3O2/c1-10-8-15-12(9-14-10)16-6-4-11(5-7-16)2-3-13(17)18/h8-9,11H,2-7H2,1H3,(H,17,18). The van der Waals surface area contributed by atoms with Gasteiger partial charge in [0.25, 0.3) is 0 Å². The molecule has 1 aromatic heterocycles. The number of aromatic nitrogens is 2. The fourth-order valence-corrected chi connectivity index (χ4v) is 2.33. The van der Waals surface area contributed by atoms with Crippen LogP contribution in [0.15, 0.2) is 12.4 Å². The van der Waals surface area contributed by atoms with Gasteiger partial charge in [-0.2, -0.15) is 0 Å². The highest BCUT2D eigenvalue weighted by Gasteiger charge is 2.20. The van der Waals surface area contributed by atoms with Crippen LogP contribution in [0.3, 0.4) is 0 Å². The predicted molar refractivity (Wildman–Crippen MR) is 68.6 cm³/mol. The lowest BCUT2D eigenvalue weighted by Crippen LogP contribution is -2.34. The van der Waals surface area contributed by atoms with Crippen LogP contribution in [0.5, 0.6) is 0 Å². The molecule has 0 spiro atoms. The highest BCUT2D eigenvalue weighted by Crippen LogP contribution is 2.24. The van der Waals surface area contributed by atoms with Crippen LogP contribution < -0.4 is 4.90 Å². The van der Waals surface area contributed by atoms with Gasteiger partial charge in [0.15, 0.2) is 0 Å². The molecule has 0 bridgehead atoms. The Balaban J connectivity index is 1.83. The number of aliphatic carboxylic acids is 1. The highest BCUT2D eigenvalue weighted by molar-refractivity contribution is 5.66. The lowest BCUT2D eigenvalue weighted by Gasteiger charge is -2.32. The van der Waals surface area contributed by atoms with E-state index in [2.05, 4.69) is 14.9 Å². The topological polar surface area (TPSA) is 66.3 Å². The van der Waals surface area contributed by atoms with E-state index in [0.717, 1.165) is 43.9 Å². The molecule has 0 radical (unpaired) electrons. The Morgan fingerprint density at radius 1 is 1.39 bits per heavy atom. The molecular formula is C13H19N3O2. The van der Waals surface area contributed by atoms with Gasteiger partial charge in [0.05, 0.1) is 18.1 Å². The van der Waals surface area contributed by atoms with Gasteiger partial charge >= 0.3 is 5.97 Å². The second kappa shape index (κ2) is 5.80. The van der Waals surface area contributed by atoms with Crippen LogP contribution in [0.4, 0.5) is 5.82 Å². The number of carboxylic acids is 1. The number of hydrogen-bond donors (Lipinski definition) is 1. The number of carboxylic acid groups (broad SMARTS) is 1. The summed E-state index contributed by atoms with van der Waals surface area (Å²) in [5.41, 5.74) is 0.926. The lowest BCUT2D eigenvalue weighted by atomic mass is 9.92. The molecule has 1 aromatic rings. The summed E-state index contributed by atoms with van der Waals surface area (Å²) >= 11 is 0. The molecule has 1 N–H and O–H groups in total. The maximum atomic E-state index is 10.5.